The van der Waals surface area contributed by atoms with E-state index in [1.165, 1.54) is 17.7 Å². The minimum atomic E-state index is -0.196. The number of piperazine rings is 1. The van der Waals surface area contributed by atoms with Crippen molar-refractivity contribution in [2.24, 2.45) is 0 Å². The number of amides is 1. The molecule has 4 nitrogen and oxygen atoms in total. The Labute approximate surface area is 165 Å². The van der Waals surface area contributed by atoms with Crippen LogP contribution in [0.1, 0.15) is 27.2 Å². The minimum Gasteiger partial charge on any atom is -0.358 e. The lowest BCUT2D eigenvalue weighted by molar-refractivity contribution is 0.0640. The van der Waals surface area contributed by atoms with E-state index in [9.17, 15) is 9.18 Å². The zero-order valence-corrected chi connectivity index (χ0v) is 16.5. The highest BCUT2D eigenvalue weighted by atomic mass is 19.1. The number of fused-ring (bicyclic) bond motifs is 1. The molecule has 1 aromatic heterocycles. The summed E-state index contributed by atoms with van der Waals surface area (Å²) in [4.78, 5) is 20.8. The zero-order valence-electron chi connectivity index (χ0n) is 16.5. The molecule has 1 saturated heterocycles. The van der Waals surface area contributed by atoms with Crippen LogP contribution < -0.4 is 0 Å². The lowest BCUT2D eigenvalue weighted by Crippen LogP contribution is -2.49. The maximum absolute atomic E-state index is 13.1. The van der Waals surface area contributed by atoms with Gasteiger partial charge >= 0.3 is 0 Å². The molecule has 1 aliphatic rings. The fraction of sp³-hybridized carbons (Fsp3) is 0.348. The molecule has 146 valence electrons. The number of carbonyl (C=O) groups is 1. The lowest BCUT2D eigenvalue weighted by Gasteiger charge is -2.34. The van der Waals surface area contributed by atoms with E-state index < -0.39 is 0 Å². The van der Waals surface area contributed by atoms with Gasteiger partial charge in [-0.3, -0.25) is 9.69 Å². The highest BCUT2D eigenvalue weighted by Gasteiger charge is 2.24. The average molecular weight is 379 g/mol. The number of benzene rings is 2. The molecule has 0 spiro atoms. The van der Waals surface area contributed by atoms with Gasteiger partial charge < -0.3 is 9.88 Å². The number of nitrogens with one attached hydrogen (secondary N) is 1. The SMILES string of the molecule is Cc1[nH]c2c(C(=O)N3CCN(CCc4ccc(F)cc4)CC3)cccc2c1C. The first-order chi connectivity index (χ1) is 13.5. The summed E-state index contributed by atoms with van der Waals surface area (Å²) in [6.07, 6.45) is 0.897. The highest BCUT2D eigenvalue weighted by molar-refractivity contribution is 6.06. The van der Waals surface area contributed by atoms with Gasteiger partial charge in [-0.25, -0.2) is 4.39 Å². The number of aromatic nitrogens is 1. The largest absolute Gasteiger partial charge is 0.358 e. The standard InChI is InChI=1S/C23H26FN3O/c1-16-17(2)25-22-20(16)4-3-5-21(22)23(28)27-14-12-26(13-15-27)11-10-18-6-8-19(24)9-7-18/h3-9,25H,10-15H2,1-2H3. The fourth-order valence-electron chi connectivity index (χ4n) is 3.94. The van der Waals surface area contributed by atoms with Gasteiger partial charge in [0, 0.05) is 43.8 Å². The van der Waals surface area contributed by atoms with Crippen molar-refractivity contribution in [3.8, 4) is 0 Å². The fourth-order valence-corrected chi connectivity index (χ4v) is 3.94. The molecular formula is C23H26FN3O. The van der Waals surface area contributed by atoms with Crippen LogP contribution in [0.25, 0.3) is 10.9 Å². The summed E-state index contributed by atoms with van der Waals surface area (Å²) in [6.45, 7) is 8.26. The van der Waals surface area contributed by atoms with Gasteiger partial charge in [0.15, 0.2) is 0 Å². The quantitative estimate of drug-likeness (QED) is 0.746. The van der Waals surface area contributed by atoms with Crippen molar-refractivity contribution in [2.45, 2.75) is 20.3 Å². The normalized spacial score (nSPS) is 15.3. The van der Waals surface area contributed by atoms with E-state index in [0.717, 1.165) is 66.9 Å². The first kappa shape index (κ1) is 18.7. The predicted octanol–water partition coefficient (Wildman–Crippen LogP) is 3.92. The average Bonchev–Trinajstić information content (AvgIpc) is 3.01. The number of hydrogen-bond donors (Lipinski definition) is 1. The third-order valence-electron chi connectivity index (χ3n) is 5.86. The van der Waals surface area contributed by atoms with Crippen LogP contribution in [-0.4, -0.2) is 53.4 Å². The van der Waals surface area contributed by atoms with E-state index in [2.05, 4.69) is 22.9 Å². The van der Waals surface area contributed by atoms with Crippen molar-refractivity contribution in [2.75, 3.05) is 32.7 Å². The van der Waals surface area contributed by atoms with Crippen LogP contribution in [0.4, 0.5) is 4.39 Å². The molecule has 0 radical (unpaired) electrons. The van der Waals surface area contributed by atoms with Gasteiger partial charge in [-0.15, -0.1) is 0 Å². The maximum Gasteiger partial charge on any atom is 0.256 e. The molecule has 2 heterocycles. The number of hydrogen-bond acceptors (Lipinski definition) is 2. The maximum atomic E-state index is 13.1. The van der Waals surface area contributed by atoms with Crippen LogP contribution in [0.3, 0.4) is 0 Å². The van der Waals surface area contributed by atoms with Crippen LogP contribution in [0, 0.1) is 19.7 Å². The number of H-pyrrole nitrogens is 1. The third-order valence-corrected chi connectivity index (χ3v) is 5.86. The van der Waals surface area contributed by atoms with Crippen molar-refractivity contribution < 1.29 is 9.18 Å². The first-order valence-electron chi connectivity index (χ1n) is 9.87. The second kappa shape index (κ2) is 7.76. The Morgan fingerprint density at radius 3 is 2.46 bits per heavy atom. The molecule has 5 heteroatoms. The number of aromatic amines is 1. The Kier molecular flexibility index (Phi) is 5.18. The highest BCUT2D eigenvalue weighted by Crippen LogP contribution is 2.25. The van der Waals surface area contributed by atoms with Crippen molar-refractivity contribution in [1.82, 2.24) is 14.8 Å². The number of nitrogens with zero attached hydrogens (tertiary/aromatic N) is 2. The molecule has 3 aromatic rings. The van der Waals surface area contributed by atoms with E-state index >= 15 is 0 Å². The molecule has 2 aromatic carbocycles. The van der Waals surface area contributed by atoms with Gasteiger partial charge in [0.1, 0.15) is 5.82 Å². The Morgan fingerprint density at radius 2 is 1.75 bits per heavy atom. The first-order valence-corrected chi connectivity index (χ1v) is 9.87. The van der Waals surface area contributed by atoms with Gasteiger partial charge in [0.05, 0.1) is 11.1 Å². The van der Waals surface area contributed by atoms with Gasteiger partial charge in [0.2, 0.25) is 0 Å². The van der Waals surface area contributed by atoms with Crippen molar-refractivity contribution in [3.05, 3.63) is 70.7 Å². The summed E-state index contributed by atoms with van der Waals surface area (Å²) >= 11 is 0. The summed E-state index contributed by atoms with van der Waals surface area (Å²) in [7, 11) is 0. The Morgan fingerprint density at radius 1 is 1.04 bits per heavy atom. The number of para-hydroxylation sites is 1. The van der Waals surface area contributed by atoms with Crippen molar-refractivity contribution in [1.29, 1.82) is 0 Å². The molecule has 1 fully saturated rings. The Balaban J connectivity index is 1.38. The smallest absolute Gasteiger partial charge is 0.256 e. The van der Waals surface area contributed by atoms with Crippen LogP contribution in [0.15, 0.2) is 42.5 Å². The van der Waals surface area contributed by atoms with Gasteiger partial charge in [-0.2, -0.15) is 0 Å². The molecular weight excluding hydrogens is 353 g/mol. The molecule has 0 saturated carbocycles. The third kappa shape index (κ3) is 3.67. The monoisotopic (exact) mass is 379 g/mol. The van der Waals surface area contributed by atoms with Crippen LogP contribution in [0.5, 0.6) is 0 Å². The summed E-state index contributed by atoms with van der Waals surface area (Å²) in [5.74, 6) is -0.0941. The molecule has 0 unspecified atom stereocenters. The molecule has 28 heavy (non-hydrogen) atoms. The molecule has 0 atom stereocenters. The second-order valence-electron chi connectivity index (χ2n) is 7.61. The predicted molar refractivity (Wildman–Crippen MR) is 110 cm³/mol. The molecule has 1 amide bonds. The summed E-state index contributed by atoms with van der Waals surface area (Å²) in [6, 6.07) is 12.7. The van der Waals surface area contributed by atoms with E-state index in [0.29, 0.717) is 0 Å². The summed E-state index contributed by atoms with van der Waals surface area (Å²) in [5, 5.41) is 1.13. The zero-order chi connectivity index (χ0) is 19.7. The molecule has 1 aliphatic heterocycles. The molecule has 0 aliphatic carbocycles. The van der Waals surface area contributed by atoms with Crippen LogP contribution >= 0.6 is 0 Å². The Bertz CT molecular complexity index is 985. The number of aryl methyl sites for hydroxylation is 2. The van der Waals surface area contributed by atoms with E-state index in [-0.39, 0.29) is 11.7 Å². The van der Waals surface area contributed by atoms with E-state index in [1.807, 2.05) is 36.1 Å². The molecule has 0 bridgehead atoms. The van der Waals surface area contributed by atoms with E-state index in [1.54, 1.807) is 0 Å². The van der Waals surface area contributed by atoms with Crippen LogP contribution in [-0.2, 0) is 6.42 Å². The van der Waals surface area contributed by atoms with Crippen molar-refractivity contribution >= 4 is 16.8 Å². The van der Waals surface area contributed by atoms with Gasteiger partial charge in [-0.1, -0.05) is 24.3 Å². The molecule has 1 N–H and O–H groups in total. The number of halogens is 1. The van der Waals surface area contributed by atoms with Crippen LogP contribution in [0.2, 0.25) is 0 Å². The second-order valence-corrected chi connectivity index (χ2v) is 7.61. The lowest BCUT2D eigenvalue weighted by atomic mass is 10.1. The molecule has 4 rings (SSSR count). The topological polar surface area (TPSA) is 39.3 Å². The van der Waals surface area contributed by atoms with Crippen molar-refractivity contribution in [3.63, 3.8) is 0 Å². The van der Waals surface area contributed by atoms with E-state index in [4.69, 9.17) is 0 Å². The summed E-state index contributed by atoms with van der Waals surface area (Å²) < 4.78 is 13.0. The minimum absolute atomic E-state index is 0.102. The number of rotatable bonds is 4. The number of carbonyl (C=O) groups excluding carboxylic acids is 1. The Hall–Kier alpha value is -2.66. The van der Waals surface area contributed by atoms with Gasteiger partial charge in [0.25, 0.3) is 5.91 Å². The van der Waals surface area contributed by atoms with Gasteiger partial charge in [-0.05, 0) is 49.6 Å². The summed E-state index contributed by atoms with van der Waals surface area (Å²) in [5.41, 5.74) is 5.16.